The molecule has 0 N–H and O–H groups in total. The van der Waals surface area contributed by atoms with Crippen LogP contribution in [0.1, 0.15) is 41.5 Å². The highest BCUT2D eigenvalue weighted by atomic mass is 16.6. The van der Waals surface area contributed by atoms with Gasteiger partial charge >= 0.3 is 5.97 Å². The van der Waals surface area contributed by atoms with Gasteiger partial charge in [-0.05, 0) is 32.9 Å². The van der Waals surface area contributed by atoms with Crippen LogP contribution in [0.3, 0.4) is 0 Å². The molecule has 0 aliphatic rings. The number of hydrogen-bond acceptors (Lipinski definition) is 3. The van der Waals surface area contributed by atoms with E-state index in [0.29, 0.717) is 11.1 Å². The van der Waals surface area contributed by atoms with E-state index in [9.17, 15) is 9.59 Å². The highest BCUT2D eigenvalue weighted by molar-refractivity contribution is 5.96. The molecule has 0 amide bonds. The van der Waals surface area contributed by atoms with Crippen molar-refractivity contribution in [2.45, 2.75) is 32.9 Å². The van der Waals surface area contributed by atoms with E-state index in [1.807, 2.05) is 55.9 Å². The van der Waals surface area contributed by atoms with E-state index in [-0.39, 0.29) is 18.3 Å². The maximum atomic E-state index is 12.2. The molecule has 0 fully saturated rings. The molecular weight excluding hydrogens is 278 g/mol. The predicted molar refractivity (Wildman–Crippen MR) is 82.6 cm³/mol. The molecule has 4 nitrogen and oxygen atoms in total. The van der Waals surface area contributed by atoms with Crippen molar-refractivity contribution in [2.75, 3.05) is 0 Å². The van der Waals surface area contributed by atoms with Gasteiger partial charge in [0, 0.05) is 17.7 Å². The molecule has 1 heterocycles. The van der Waals surface area contributed by atoms with E-state index in [2.05, 4.69) is 0 Å². The third kappa shape index (κ3) is 4.52. The number of carbonyl (C=O) groups excluding carboxylic acids is 2. The molecule has 0 aliphatic heterocycles. The molecular formula is C18H20NO3+. The van der Waals surface area contributed by atoms with Crippen LogP contribution >= 0.6 is 0 Å². The summed E-state index contributed by atoms with van der Waals surface area (Å²) in [7, 11) is 0. The van der Waals surface area contributed by atoms with Gasteiger partial charge < -0.3 is 4.74 Å². The molecule has 0 radical (unpaired) electrons. The van der Waals surface area contributed by atoms with E-state index in [1.54, 1.807) is 24.3 Å². The van der Waals surface area contributed by atoms with Crippen LogP contribution in [0, 0.1) is 0 Å². The third-order valence-electron chi connectivity index (χ3n) is 2.94. The second kappa shape index (κ2) is 6.52. The molecule has 4 heteroatoms. The molecule has 2 rings (SSSR count). The number of benzene rings is 1. The summed E-state index contributed by atoms with van der Waals surface area (Å²) in [5, 5.41) is 0. The van der Waals surface area contributed by atoms with Crippen molar-refractivity contribution < 1.29 is 18.9 Å². The predicted octanol–water partition coefficient (Wildman–Crippen LogP) is 2.81. The topological polar surface area (TPSA) is 47.3 Å². The first-order chi connectivity index (χ1) is 10.3. The molecule has 22 heavy (non-hydrogen) atoms. The maximum Gasteiger partial charge on any atom is 0.338 e. The van der Waals surface area contributed by atoms with Gasteiger partial charge in [-0.25, -0.2) is 4.79 Å². The van der Waals surface area contributed by atoms with Gasteiger partial charge in [0.15, 0.2) is 12.4 Å². The fourth-order valence-corrected chi connectivity index (χ4v) is 1.93. The summed E-state index contributed by atoms with van der Waals surface area (Å²) in [6.45, 7) is 5.73. The van der Waals surface area contributed by atoms with Crippen LogP contribution in [0.5, 0.6) is 0 Å². The van der Waals surface area contributed by atoms with Gasteiger partial charge in [0.05, 0.1) is 5.56 Å². The number of rotatable bonds is 4. The van der Waals surface area contributed by atoms with Gasteiger partial charge in [0.25, 0.3) is 0 Å². The smallest absolute Gasteiger partial charge is 0.338 e. The lowest BCUT2D eigenvalue weighted by Crippen LogP contribution is -2.36. The number of esters is 1. The van der Waals surface area contributed by atoms with Crippen molar-refractivity contribution in [1.82, 2.24) is 0 Å². The number of Topliss-reactive ketones (excluding diaryl/α,β-unsaturated/α-hetero) is 1. The first-order valence-electron chi connectivity index (χ1n) is 7.16. The summed E-state index contributed by atoms with van der Waals surface area (Å²) in [4.78, 5) is 24.1. The fraction of sp³-hybridized carbons (Fsp3) is 0.278. The van der Waals surface area contributed by atoms with Crippen molar-refractivity contribution in [3.05, 3.63) is 66.0 Å². The highest BCUT2D eigenvalue weighted by Crippen LogP contribution is 2.13. The lowest BCUT2D eigenvalue weighted by molar-refractivity contribution is -0.683. The van der Waals surface area contributed by atoms with Crippen molar-refractivity contribution >= 4 is 11.8 Å². The van der Waals surface area contributed by atoms with Crippen LogP contribution in [-0.2, 0) is 11.3 Å². The molecule has 2 aromatic rings. The van der Waals surface area contributed by atoms with Gasteiger partial charge in [0.1, 0.15) is 5.60 Å². The third-order valence-corrected chi connectivity index (χ3v) is 2.94. The minimum absolute atomic E-state index is 0.00746. The number of pyridine rings is 1. The number of ketones is 1. The number of nitrogens with zero attached hydrogens (tertiary/aromatic N) is 1. The minimum atomic E-state index is -0.532. The van der Waals surface area contributed by atoms with E-state index in [4.69, 9.17) is 4.74 Å². The Morgan fingerprint density at radius 2 is 1.50 bits per heavy atom. The zero-order chi connectivity index (χ0) is 16.2. The first kappa shape index (κ1) is 15.9. The van der Waals surface area contributed by atoms with Gasteiger partial charge in [-0.1, -0.05) is 18.2 Å². The van der Waals surface area contributed by atoms with Gasteiger partial charge in [0.2, 0.25) is 12.3 Å². The number of aromatic nitrogens is 1. The Labute approximate surface area is 130 Å². The maximum absolute atomic E-state index is 12.2. The highest BCUT2D eigenvalue weighted by Gasteiger charge is 2.18. The van der Waals surface area contributed by atoms with Gasteiger partial charge in [-0.3, -0.25) is 4.79 Å². The zero-order valence-corrected chi connectivity index (χ0v) is 13.1. The Morgan fingerprint density at radius 3 is 2.05 bits per heavy atom. The summed E-state index contributed by atoms with van der Waals surface area (Å²) in [5.74, 6) is -0.393. The Hall–Kier alpha value is -2.49. The monoisotopic (exact) mass is 298 g/mol. The SMILES string of the molecule is CC(C)(C)OC(=O)c1ccc(C(=O)C[n+]2ccccc2)cc1. The molecule has 0 spiro atoms. The Morgan fingerprint density at radius 1 is 0.955 bits per heavy atom. The van der Waals surface area contributed by atoms with Crippen LogP contribution < -0.4 is 4.57 Å². The van der Waals surface area contributed by atoms with E-state index in [0.717, 1.165) is 0 Å². The average Bonchev–Trinajstić information content (AvgIpc) is 2.46. The first-order valence-corrected chi connectivity index (χ1v) is 7.16. The molecule has 0 unspecified atom stereocenters. The lowest BCUT2D eigenvalue weighted by Gasteiger charge is -2.19. The summed E-state index contributed by atoms with van der Waals surface area (Å²) in [5.41, 5.74) is 0.484. The standard InChI is InChI=1S/C18H20NO3/c1-18(2,3)22-17(21)15-9-7-14(8-10-15)16(20)13-19-11-5-4-6-12-19/h4-12H,13H2,1-3H3/q+1. The van der Waals surface area contributed by atoms with Crippen LogP contribution in [0.15, 0.2) is 54.9 Å². The van der Waals surface area contributed by atoms with Gasteiger partial charge in [-0.2, -0.15) is 4.57 Å². The summed E-state index contributed by atoms with van der Waals surface area (Å²) in [6, 6.07) is 12.2. The lowest BCUT2D eigenvalue weighted by atomic mass is 10.1. The number of ether oxygens (including phenoxy) is 1. The summed E-state index contributed by atoms with van der Waals surface area (Å²) >= 11 is 0. The van der Waals surface area contributed by atoms with Gasteiger partial charge in [-0.15, -0.1) is 0 Å². The zero-order valence-electron chi connectivity index (χ0n) is 13.1. The molecule has 114 valence electrons. The second-order valence-electron chi connectivity index (χ2n) is 6.05. The van der Waals surface area contributed by atoms with Crippen LogP contribution in [0.25, 0.3) is 0 Å². The van der Waals surface area contributed by atoms with Crippen molar-refractivity contribution in [2.24, 2.45) is 0 Å². The van der Waals surface area contributed by atoms with Crippen molar-refractivity contribution in [3.8, 4) is 0 Å². The number of hydrogen-bond donors (Lipinski definition) is 0. The van der Waals surface area contributed by atoms with Crippen LogP contribution in [-0.4, -0.2) is 17.4 Å². The molecule has 0 bridgehead atoms. The van der Waals surface area contributed by atoms with E-state index in [1.165, 1.54) is 0 Å². The van der Waals surface area contributed by atoms with E-state index >= 15 is 0 Å². The largest absolute Gasteiger partial charge is 0.456 e. The minimum Gasteiger partial charge on any atom is -0.456 e. The fourth-order valence-electron chi connectivity index (χ4n) is 1.93. The molecule has 1 aromatic carbocycles. The Balaban J connectivity index is 2.05. The van der Waals surface area contributed by atoms with Crippen LogP contribution in [0.4, 0.5) is 0 Å². The molecule has 0 aliphatic carbocycles. The summed E-state index contributed by atoms with van der Waals surface area (Å²) in [6.07, 6.45) is 3.68. The Kier molecular flexibility index (Phi) is 4.71. The molecule has 0 saturated heterocycles. The van der Waals surface area contributed by atoms with Crippen LogP contribution in [0.2, 0.25) is 0 Å². The average molecular weight is 298 g/mol. The molecule has 1 aromatic heterocycles. The normalized spacial score (nSPS) is 11.0. The summed E-state index contributed by atoms with van der Waals surface area (Å²) < 4.78 is 7.10. The van der Waals surface area contributed by atoms with Crippen molar-refractivity contribution in [3.63, 3.8) is 0 Å². The molecule has 0 atom stereocenters. The number of carbonyl (C=O) groups is 2. The van der Waals surface area contributed by atoms with E-state index < -0.39 is 5.60 Å². The Bertz CT molecular complexity index is 655. The van der Waals surface area contributed by atoms with Crippen molar-refractivity contribution in [1.29, 1.82) is 0 Å². The molecule has 0 saturated carbocycles. The second-order valence-corrected chi connectivity index (χ2v) is 6.05. The quantitative estimate of drug-likeness (QED) is 0.495.